The van der Waals surface area contributed by atoms with E-state index < -0.39 is 6.10 Å². The Morgan fingerprint density at radius 3 is 2.74 bits per heavy atom. The largest absolute Gasteiger partial charge is 0.378 e. The Hall–Kier alpha value is -1.39. The zero-order valence-electron chi connectivity index (χ0n) is 11.1. The lowest BCUT2D eigenvalue weighted by Crippen LogP contribution is -2.48. The summed E-state index contributed by atoms with van der Waals surface area (Å²) in [7, 11) is 0. The van der Waals surface area contributed by atoms with Gasteiger partial charge in [-0.05, 0) is 36.0 Å². The van der Waals surface area contributed by atoms with Crippen molar-refractivity contribution in [1.29, 1.82) is 0 Å². The molecule has 1 aliphatic carbocycles. The summed E-state index contributed by atoms with van der Waals surface area (Å²) < 4.78 is 0. The Morgan fingerprint density at radius 1 is 1.21 bits per heavy atom. The van der Waals surface area contributed by atoms with Gasteiger partial charge < -0.3 is 15.3 Å². The molecule has 102 valence electrons. The van der Waals surface area contributed by atoms with Crippen LogP contribution in [-0.2, 0) is 17.6 Å². The van der Waals surface area contributed by atoms with Crippen molar-refractivity contribution >= 4 is 5.91 Å². The minimum Gasteiger partial charge on any atom is -0.378 e. The van der Waals surface area contributed by atoms with Gasteiger partial charge in [-0.15, -0.1) is 0 Å². The van der Waals surface area contributed by atoms with Crippen molar-refractivity contribution in [3.8, 4) is 0 Å². The minimum absolute atomic E-state index is 0.167. The third kappa shape index (κ3) is 2.51. The molecule has 1 unspecified atom stereocenters. The van der Waals surface area contributed by atoms with Crippen LogP contribution in [0.15, 0.2) is 18.2 Å². The number of nitrogens with one attached hydrogen (secondary N) is 1. The number of benzene rings is 1. The summed E-state index contributed by atoms with van der Waals surface area (Å²) in [4.78, 5) is 14.0. The zero-order valence-corrected chi connectivity index (χ0v) is 11.1. The van der Waals surface area contributed by atoms with Crippen molar-refractivity contribution in [3.63, 3.8) is 0 Å². The highest BCUT2D eigenvalue weighted by Gasteiger charge is 2.25. The van der Waals surface area contributed by atoms with E-state index in [0.717, 1.165) is 31.5 Å². The van der Waals surface area contributed by atoms with E-state index in [-0.39, 0.29) is 5.91 Å². The molecule has 3 rings (SSSR count). The van der Waals surface area contributed by atoms with Gasteiger partial charge in [0.15, 0.2) is 6.10 Å². The fraction of sp³-hybridized carbons (Fsp3) is 0.533. The van der Waals surface area contributed by atoms with E-state index in [9.17, 15) is 9.90 Å². The summed E-state index contributed by atoms with van der Waals surface area (Å²) in [5, 5.41) is 13.5. The van der Waals surface area contributed by atoms with Crippen LogP contribution in [0.1, 0.15) is 29.2 Å². The first-order valence-electron chi connectivity index (χ1n) is 7.05. The molecule has 2 aliphatic rings. The quantitative estimate of drug-likeness (QED) is 0.820. The molecule has 4 heteroatoms. The van der Waals surface area contributed by atoms with E-state index in [2.05, 4.69) is 11.4 Å². The van der Waals surface area contributed by atoms with Crippen LogP contribution in [0.4, 0.5) is 0 Å². The SMILES string of the molecule is O=C(C(O)c1ccc2c(c1)CCC2)N1CCNCC1. The average Bonchev–Trinajstić information content (AvgIpc) is 2.94. The highest BCUT2D eigenvalue weighted by atomic mass is 16.3. The number of hydrogen-bond donors (Lipinski definition) is 2. The molecule has 0 spiro atoms. The molecule has 2 N–H and O–H groups in total. The standard InChI is InChI=1S/C15H20N2O2/c18-14(15(19)17-8-6-16-7-9-17)13-5-4-11-2-1-3-12(11)10-13/h4-5,10,14,16,18H,1-3,6-9H2. The minimum atomic E-state index is -1.01. The summed E-state index contributed by atoms with van der Waals surface area (Å²) in [6.07, 6.45) is 2.36. The number of aryl methyl sites for hydroxylation is 2. The molecule has 1 amide bonds. The van der Waals surface area contributed by atoms with E-state index in [4.69, 9.17) is 0 Å². The van der Waals surface area contributed by atoms with Gasteiger partial charge in [0.25, 0.3) is 5.91 Å². The van der Waals surface area contributed by atoms with Gasteiger partial charge >= 0.3 is 0 Å². The lowest BCUT2D eigenvalue weighted by molar-refractivity contribution is -0.141. The van der Waals surface area contributed by atoms with Gasteiger partial charge in [-0.3, -0.25) is 4.79 Å². The predicted octanol–water partition coefficient (Wildman–Crippen LogP) is 0.640. The first-order valence-corrected chi connectivity index (χ1v) is 7.05. The highest BCUT2D eigenvalue weighted by Crippen LogP contribution is 2.26. The van der Waals surface area contributed by atoms with Crippen molar-refractivity contribution in [1.82, 2.24) is 10.2 Å². The topological polar surface area (TPSA) is 52.6 Å². The van der Waals surface area contributed by atoms with Crippen LogP contribution in [0.2, 0.25) is 0 Å². The maximum Gasteiger partial charge on any atom is 0.256 e. The van der Waals surface area contributed by atoms with E-state index in [0.29, 0.717) is 13.1 Å². The van der Waals surface area contributed by atoms with Crippen molar-refractivity contribution < 1.29 is 9.90 Å². The molecule has 1 aromatic carbocycles. The lowest BCUT2D eigenvalue weighted by Gasteiger charge is -2.29. The van der Waals surface area contributed by atoms with Crippen LogP contribution < -0.4 is 5.32 Å². The Labute approximate surface area is 113 Å². The van der Waals surface area contributed by atoms with Gasteiger partial charge in [0, 0.05) is 26.2 Å². The van der Waals surface area contributed by atoms with Crippen molar-refractivity contribution in [2.45, 2.75) is 25.4 Å². The number of rotatable bonds is 2. The number of carbonyl (C=O) groups excluding carboxylic acids is 1. The normalized spacial score (nSPS) is 20.2. The smallest absolute Gasteiger partial charge is 0.256 e. The Morgan fingerprint density at radius 2 is 1.95 bits per heavy atom. The molecule has 1 saturated heterocycles. The van der Waals surface area contributed by atoms with E-state index >= 15 is 0 Å². The maximum absolute atomic E-state index is 12.2. The molecular weight excluding hydrogens is 240 g/mol. The number of hydrogen-bond acceptors (Lipinski definition) is 3. The second-order valence-electron chi connectivity index (χ2n) is 5.36. The van der Waals surface area contributed by atoms with Gasteiger partial charge in [-0.1, -0.05) is 18.2 Å². The Balaban J connectivity index is 1.75. The van der Waals surface area contributed by atoms with Crippen molar-refractivity contribution in [2.75, 3.05) is 26.2 Å². The number of aliphatic hydroxyl groups excluding tert-OH is 1. The molecule has 0 saturated carbocycles. The number of amides is 1. The van der Waals surface area contributed by atoms with Crippen LogP contribution in [0.5, 0.6) is 0 Å². The molecule has 1 fully saturated rings. The van der Waals surface area contributed by atoms with Crippen LogP contribution in [-0.4, -0.2) is 42.1 Å². The zero-order chi connectivity index (χ0) is 13.2. The van der Waals surface area contributed by atoms with Crippen LogP contribution >= 0.6 is 0 Å². The fourth-order valence-electron chi connectivity index (χ4n) is 2.96. The number of aliphatic hydroxyl groups is 1. The van der Waals surface area contributed by atoms with E-state index in [1.165, 1.54) is 17.5 Å². The molecule has 4 nitrogen and oxygen atoms in total. The fourth-order valence-corrected chi connectivity index (χ4v) is 2.96. The first kappa shape index (κ1) is 12.6. The van der Waals surface area contributed by atoms with Gasteiger partial charge in [0.2, 0.25) is 0 Å². The Bertz CT molecular complexity index is 481. The number of nitrogens with zero attached hydrogens (tertiary/aromatic N) is 1. The molecule has 0 aromatic heterocycles. The molecule has 1 aliphatic heterocycles. The summed E-state index contributed by atoms with van der Waals surface area (Å²) in [6.45, 7) is 2.98. The third-order valence-corrected chi connectivity index (χ3v) is 4.10. The number of carbonyl (C=O) groups is 1. The first-order chi connectivity index (χ1) is 9.25. The monoisotopic (exact) mass is 260 g/mol. The van der Waals surface area contributed by atoms with Crippen LogP contribution in [0.3, 0.4) is 0 Å². The average molecular weight is 260 g/mol. The van der Waals surface area contributed by atoms with Gasteiger partial charge in [0.1, 0.15) is 0 Å². The Kier molecular flexibility index (Phi) is 3.53. The van der Waals surface area contributed by atoms with Gasteiger partial charge in [0.05, 0.1) is 0 Å². The van der Waals surface area contributed by atoms with Crippen molar-refractivity contribution in [3.05, 3.63) is 34.9 Å². The van der Waals surface area contributed by atoms with Crippen LogP contribution in [0.25, 0.3) is 0 Å². The predicted molar refractivity (Wildman–Crippen MR) is 72.9 cm³/mol. The second kappa shape index (κ2) is 5.31. The summed E-state index contributed by atoms with van der Waals surface area (Å²) in [5.41, 5.74) is 3.40. The molecule has 1 atom stereocenters. The number of piperazine rings is 1. The summed E-state index contributed by atoms with van der Waals surface area (Å²) in [6, 6.07) is 5.97. The maximum atomic E-state index is 12.2. The molecule has 0 radical (unpaired) electrons. The summed E-state index contributed by atoms with van der Waals surface area (Å²) in [5.74, 6) is -0.167. The van der Waals surface area contributed by atoms with E-state index in [1.807, 2.05) is 12.1 Å². The molecule has 1 aromatic rings. The molecule has 1 heterocycles. The van der Waals surface area contributed by atoms with Crippen LogP contribution in [0, 0.1) is 0 Å². The van der Waals surface area contributed by atoms with E-state index in [1.54, 1.807) is 4.90 Å². The summed E-state index contributed by atoms with van der Waals surface area (Å²) >= 11 is 0. The molecular formula is C15H20N2O2. The van der Waals surface area contributed by atoms with Gasteiger partial charge in [-0.25, -0.2) is 0 Å². The molecule has 19 heavy (non-hydrogen) atoms. The van der Waals surface area contributed by atoms with Gasteiger partial charge in [-0.2, -0.15) is 0 Å². The molecule has 0 bridgehead atoms. The number of fused-ring (bicyclic) bond motifs is 1. The van der Waals surface area contributed by atoms with Crippen molar-refractivity contribution in [2.24, 2.45) is 0 Å². The lowest BCUT2D eigenvalue weighted by atomic mass is 10.0. The second-order valence-corrected chi connectivity index (χ2v) is 5.36. The highest BCUT2D eigenvalue weighted by molar-refractivity contribution is 5.82. The third-order valence-electron chi connectivity index (χ3n) is 4.10.